The van der Waals surface area contributed by atoms with Gasteiger partial charge in [-0.25, -0.2) is 0 Å². The number of thioether (sulfide) groups is 1. The number of halogens is 1. The van der Waals surface area contributed by atoms with Crippen LogP contribution in [0.3, 0.4) is 0 Å². The van der Waals surface area contributed by atoms with Gasteiger partial charge in [-0.05, 0) is 0 Å². The predicted octanol–water partition coefficient (Wildman–Crippen LogP) is 4.29. The summed E-state index contributed by atoms with van der Waals surface area (Å²) in [5, 5.41) is 1.71. The molecule has 0 aromatic heterocycles. The normalized spacial score (nSPS) is 21.3. The van der Waals surface area contributed by atoms with E-state index in [2.05, 4.69) is 69.3 Å². The average molecular weight is 544 g/mol. The van der Waals surface area contributed by atoms with E-state index in [9.17, 15) is 4.79 Å². The number of carbonyl (C=O) groups is 1. The minimum absolute atomic E-state index is 0.149. The molecule has 0 unspecified atom stereocenters. The second-order valence-corrected chi connectivity index (χ2v) is 17.7. The van der Waals surface area contributed by atoms with Crippen LogP contribution in [-0.2, 0) is 9.22 Å². The van der Waals surface area contributed by atoms with Crippen LogP contribution in [-0.4, -0.2) is 44.8 Å². The van der Waals surface area contributed by atoms with Gasteiger partial charge in [-0.15, -0.1) is 0 Å². The summed E-state index contributed by atoms with van der Waals surface area (Å²) in [5.41, 5.74) is 0. The quantitative estimate of drug-likeness (QED) is 0.416. The van der Waals surface area contributed by atoms with Crippen LogP contribution in [0, 0.1) is 0 Å². The molecule has 0 saturated carbocycles. The molecule has 4 rings (SSSR count). The molecule has 1 aliphatic rings. The number of hydrogen-bond donors (Lipinski definition) is 0. The molecule has 3 aromatic rings. The maximum atomic E-state index is 15.8. The second kappa shape index (κ2) is 9.89. The Morgan fingerprint density at radius 1 is 0.939 bits per heavy atom. The molecule has 2 nitrogen and oxygen atoms in total. The molecule has 0 N–H and O–H groups in total. The van der Waals surface area contributed by atoms with E-state index in [1.165, 1.54) is 10.4 Å². The Morgan fingerprint density at radius 2 is 1.42 bits per heavy atom. The molecular formula is C27H29FO2SSeSi. The Bertz CT molecular complexity index is 1040. The molecule has 0 aliphatic carbocycles. The Labute approximate surface area is 207 Å². The van der Waals surface area contributed by atoms with E-state index >= 15 is 4.39 Å². The molecule has 172 valence electrons. The Hall–Kier alpha value is -1.69. The fourth-order valence-corrected chi connectivity index (χ4v) is 13.2. The van der Waals surface area contributed by atoms with Crippen molar-refractivity contribution in [3.8, 4) is 0 Å². The monoisotopic (exact) mass is 544 g/mol. The summed E-state index contributed by atoms with van der Waals surface area (Å²) in [6.07, 6.45) is 0.212. The van der Waals surface area contributed by atoms with Crippen molar-refractivity contribution in [2.24, 2.45) is 0 Å². The third-order valence-electron chi connectivity index (χ3n) is 5.99. The van der Waals surface area contributed by atoms with Crippen molar-refractivity contribution >= 4 is 55.0 Å². The van der Waals surface area contributed by atoms with Crippen molar-refractivity contribution in [2.45, 2.75) is 42.0 Å². The Balaban J connectivity index is 1.61. The topological polar surface area (TPSA) is 26.3 Å². The summed E-state index contributed by atoms with van der Waals surface area (Å²) in [7, 11) is -2.70. The zero-order valence-corrected chi connectivity index (χ0v) is 22.7. The van der Waals surface area contributed by atoms with Gasteiger partial charge >= 0.3 is 208 Å². The van der Waals surface area contributed by atoms with Crippen molar-refractivity contribution in [1.82, 2.24) is 0 Å². The number of carbonyl (C=O) groups excluding carboxylic acids is 1. The minimum atomic E-state index is -2.70. The summed E-state index contributed by atoms with van der Waals surface area (Å²) >= 11 is 0.581. The van der Waals surface area contributed by atoms with Crippen LogP contribution in [0.1, 0.15) is 27.2 Å². The number of alkyl halides is 1. The average Bonchev–Trinajstić information content (AvgIpc) is 3.08. The molecule has 0 bridgehead atoms. The van der Waals surface area contributed by atoms with Crippen molar-refractivity contribution in [3.05, 3.63) is 91.0 Å². The maximum absolute atomic E-state index is 15.8. The fraction of sp³-hybridized carbons (Fsp3) is 0.296. The van der Waals surface area contributed by atoms with Crippen molar-refractivity contribution in [2.75, 3.05) is 6.61 Å². The Morgan fingerprint density at radius 3 is 1.91 bits per heavy atom. The molecule has 1 saturated heterocycles. The summed E-state index contributed by atoms with van der Waals surface area (Å²) in [5.74, 6) is 0. The number of rotatable bonds is 7. The first kappa shape index (κ1) is 24.4. The molecule has 2 atom stereocenters. The second-order valence-electron chi connectivity index (χ2n) is 9.35. The predicted molar refractivity (Wildman–Crippen MR) is 140 cm³/mol. The van der Waals surface area contributed by atoms with Gasteiger partial charge in [-0.2, -0.15) is 0 Å². The molecule has 0 spiro atoms. The van der Waals surface area contributed by atoms with Crippen LogP contribution in [0.5, 0.6) is 0 Å². The fourth-order valence-electron chi connectivity index (χ4n) is 4.49. The van der Waals surface area contributed by atoms with Crippen LogP contribution in [0.4, 0.5) is 4.39 Å². The SMILES string of the molecule is CC(C)(C)[Si](OC[C@H]1C[C@](F)([Se]c2ccccc2)C(=O)S1)(c1ccccc1)c1ccccc1. The van der Waals surface area contributed by atoms with Gasteiger partial charge in [0.15, 0.2) is 0 Å². The van der Waals surface area contributed by atoms with Crippen molar-refractivity contribution < 1.29 is 13.6 Å². The molecule has 6 heteroatoms. The first-order valence-electron chi connectivity index (χ1n) is 11.1. The van der Waals surface area contributed by atoms with Gasteiger partial charge in [0.25, 0.3) is 0 Å². The van der Waals surface area contributed by atoms with Crippen molar-refractivity contribution in [3.63, 3.8) is 0 Å². The standard InChI is InChI=1S/C27H29FO2SSeSi/c1-26(2,3)33(23-15-9-5-10-16-23,24-17-11-6-12-18-24)30-20-21-19-27(28,25(29)31-21)32-22-13-7-4-8-14-22/h4-18,21H,19-20H2,1-3H3/t21-,27+/m1/s1. The Kier molecular flexibility index (Phi) is 7.32. The first-order valence-corrected chi connectivity index (χ1v) is 15.6. The molecule has 0 amide bonds. The van der Waals surface area contributed by atoms with E-state index in [-0.39, 0.29) is 21.8 Å². The van der Waals surface area contributed by atoms with Crippen LogP contribution in [0.15, 0.2) is 91.0 Å². The van der Waals surface area contributed by atoms with Gasteiger partial charge in [0.2, 0.25) is 0 Å². The zero-order valence-electron chi connectivity index (χ0n) is 19.2. The number of benzene rings is 3. The molecule has 3 aromatic carbocycles. The van der Waals surface area contributed by atoms with E-state index in [1.54, 1.807) is 0 Å². The zero-order chi connectivity index (χ0) is 23.5. The van der Waals surface area contributed by atoms with Gasteiger partial charge in [0, 0.05) is 0 Å². The van der Waals surface area contributed by atoms with Crippen LogP contribution >= 0.6 is 11.8 Å². The van der Waals surface area contributed by atoms with E-state index in [1.807, 2.05) is 42.5 Å². The third kappa shape index (κ3) is 5.06. The van der Waals surface area contributed by atoms with Crippen LogP contribution in [0.2, 0.25) is 5.04 Å². The molecule has 1 fully saturated rings. The first-order chi connectivity index (χ1) is 15.7. The summed E-state index contributed by atoms with van der Waals surface area (Å²) < 4.78 is 21.8. The van der Waals surface area contributed by atoms with Gasteiger partial charge in [-0.3, -0.25) is 0 Å². The summed E-state index contributed by atoms with van der Waals surface area (Å²) in [6.45, 7) is 7.04. The van der Waals surface area contributed by atoms with Crippen LogP contribution < -0.4 is 14.8 Å². The van der Waals surface area contributed by atoms with Gasteiger partial charge < -0.3 is 0 Å². The molecule has 33 heavy (non-hydrogen) atoms. The van der Waals surface area contributed by atoms with E-state index in [0.29, 0.717) is 6.61 Å². The summed E-state index contributed by atoms with van der Waals surface area (Å²) in [6, 6.07) is 30.4. The van der Waals surface area contributed by atoms with Crippen LogP contribution in [0.25, 0.3) is 0 Å². The third-order valence-corrected chi connectivity index (χ3v) is 14.9. The van der Waals surface area contributed by atoms with Gasteiger partial charge in [-0.1, -0.05) is 0 Å². The summed E-state index contributed by atoms with van der Waals surface area (Å²) in [4.78, 5) is 12.7. The van der Waals surface area contributed by atoms with E-state index in [0.717, 1.165) is 16.2 Å². The number of hydrogen-bond acceptors (Lipinski definition) is 3. The van der Waals surface area contributed by atoms with E-state index < -0.39 is 27.8 Å². The molecule has 1 aliphatic heterocycles. The molecular weight excluding hydrogens is 514 g/mol. The molecule has 0 radical (unpaired) electrons. The van der Waals surface area contributed by atoms with Gasteiger partial charge in [0.05, 0.1) is 0 Å². The van der Waals surface area contributed by atoms with Crippen molar-refractivity contribution in [1.29, 1.82) is 0 Å². The van der Waals surface area contributed by atoms with Gasteiger partial charge in [0.1, 0.15) is 0 Å². The van der Waals surface area contributed by atoms with E-state index in [4.69, 9.17) is 4.43 Å². The molecule has 1 heterocycles.